The van der Waals surface area contributed by atoms with Gasteiger partial charge in [-0.2, -0.15) is 4.68 Å². The number of thiophene rings is 1. The highest BCUT2D eigenvalue weighted by Gasteiger charge is 2.20. The van der Waals surface area contributed by atoms with Crippen LogP contribution in [0.5, 0.6) is 0 Å². The summed E-state index contributed by atoms with van der Waals surface area (Å²) in [4.78, 5) is 22.5. The van der Waals surface area contributed by atoms with Gasteiger partial charge in [-0.3, -0.25) is 4.79 Å². The number of thioether (sulfide) groups is 1. The number of hydrogen-bond acceptors (Lipinski definition) is 7. The van der Waals surface area contributed by atoms with Crippen molar-refractivity contribution < 1.29 is 0 Å². The molecule has 0 amide bonds. The Morgan fingerprint density at radius 1 is 1.25 bits per heavy atom. The molecule has 0 saturated heterocycles. The molecule has 1 N–H and O–H groups in total. The summed E-state index contributed by atoms with van der Waals surface area (Å²) in [7, 11) is 0. The molecule has 0 saturated carbocycles. The fraction of sp³-hybridized carbons (Fsp3) is 0.316. The second-order valence-corrected chi connectivity index (χ2v) is 8.88. The van der Waals surface area contributed by atoms with E-state index in [0.717, 1.165) is 40.7 Å². The van der Waals surface area contributed by atoms with Gasteiger partial charge >= 0.3 is 0 Å². The minimum atomic E-state index is -0.0292. The number of tetrazole rings is 1. The first kappa shape index (κ1) is 17.6. The smallest absolute Gasteiger partial charge is 0.259 e. The summed E-state index contributed by atoms with van der Waals surface area (Å²) >= 11 is 3.13. The van der Waals surface area contributed by atoms with Gasteiger partial charge in [-0.05, 0) is 60.2 Å². The molecule has 7 nitrogen and oxygen atoms in total. The topological polar surface area (TPSA) is 89.3 Å². The molecule has 9 heteroatoms. The molecule has 1 aliphatic rings. The molecular weight excluding hydrogens is 392 g/mol. The van der Waals surface area contributed by atoms with Crippen molar-refractivity contribution in [1.29, 1.82) is 0 Å². The first-order valence-electron chi connectivity index (χ1n) is 9.21. The van der Waals surface area contributed by atoms with Crippen LogP contribution >= 0.6 is 23.1 Å². The molecular formula is C19H18N6OS2. The number of rotatable bonds is 4. The molecule has 0 bridgehead atoms. The number of hydrogen-bond donors (Lipinski definition) is 1. The van der Waals surface area contributed by atoms with Gasteiger partial charge in [0.15, 0.2) is 0 Å². The molecule has 0 fully saturated rings. The normalized spacial score (nSPS) is 13.8. The van der Waals surface area contributed by atoms with E-state index in [9.17, 15) is 4.79 Å². The Bertz CT molecular complexity index is 1220. The molecule has 0 unspecified atom stereocenters. The van der Waals surface area contributed by atoms with Crippen LogP contribution in [0.4, 0.5) is 0 Å². The Balaban J connectivity index is 1.44. The number of aromatic amines is 1. The molecule has 1 aliphatic carbocycles. The van der Waals surface area contributed by atoms with Crippen LogP contribution in [0.15, 0.2) is 34.2 Å². The van der Waals surface area contributed by atoms with E-state index in [4.69, 9.17) is 4.98 Å². The van der Waals surface area contributed by atoms with Crippen LogP contribution in [0.25, 0.3) is 15.9 Å². The van der Waals surface area contributed by atoms with Gasteiger partial charge < -0.3 is 4.98 Å². The lowest BCUT2D eigenvalue weighted by molar-refractivity contribution is 0.700. The van der Waals surface area contributed by atoms with E-state index in [1.807, 2.05) is 31.2 Å². The van der Waals surface area contributed by atoms with E-state index in [2.05, 4.69) is 20.5 Å². The molecule has 142 valence electrons. The van der Waals surface area contributed by atoms with Crippen LogP contribution in [0.1, 0.15) is 34.7 Å². The summed E-state index contributed by atoms with van der Waals surface area (Å²) < 4.78 is 1.72. The maximum absolute atomic E-state index is 12.7. The van der Waals surface area contributed by atoms with Gasteiger partial charge in [0, 0.05) is 4.88 Å². The third kappa shape index (κ3) is 3.04. The lowest BCUT2D eigenvalue weighted by Crippen LogP contribution is -2.12. The second-order valence-electron chi connectivity index (χ2n) is 6.85. The van der Waals surface area contributed by atoms with E-state index in [1.54, 1.807) is 16.0 Å². The first-order valence-corrected chi connectivity index (χ1v) is 11.0. The Morgan fingerprint density at radius 2 is 2.11 bits per heavy atom. The first-order chi connectivity index (χ1) is 13.7. The van der Waals surface area contributed by atoms with Crippen molar-refractivity contribution in [1.82, 2.24) is 30.2 Å². The summed E-state index contributed by atoms with van der Waals surface area (Å²) in [5.41, 5.74) is 3.22. The lowest BCUT2D eigenvalue weighted by Gasteiger charge is -2.09. The molecule has 0 aliphatic heterocycles. The molecule has 1 aromatic carbocycles. The average Bonchev–Trinajstić information content (AvgIpc) is 3.31. The number of aryl methyl sites for hydroxylation is 3. The Morgan fingerprint density at radius 3 is 3.00 bits per heavy atom. The van der Waals surface area contributed by atoms with Crippen molar-refractivity contribution in [3.8, 4) is 5.69 Å². The standard InChI is InChI=1S/C19H18N6OS2/c1-11-6-2-4-8-13(11)25-19(22-23-24-25)27-10-15-20-17(26)16-12-7-3-5-9-14(12)28-18(16)21-15/h2,4,6,8H,3,5,7,9-10H2,1H3,(H,20,21,26). The third-order valence-electron chi connectivity index (χ3n) is 5.00. The summed E-state index contributed by atoms with van der Waals surface area (Å²) in [5.74, 6) is 1.15. The quantitative estimate of drug-likeness (QED) is 0.519. The van der Waals surface area contributed by atoms with Gasteiger partial charge in [0.2, 0.25) is 5.16 Å². The molecule has 0 radical (unpaired) electrons. The van der Waals surface area contributed by atoms with E-state index < -0.39 is 0 Å². The van der Waals surface area contributed by atoms with Crippen LogP contribution < -0.4 is 5.56 Å². The van der Waals surface area contributed by atoms with Crippen molar-refractivity contribution in [2.75, 3.05) is 0 Å². The predicted octanol–water partition coefficient (Wildman–Crippen LogP) is 3.44. The number of H-pyrrole nitrogens is 1. The number of nitrogens with zero attached hydrogens (tertiary/aromatic N) is 5. The largest absolute Gasteiger partial charge is 0.309 e. The van der Waals surface area contributed by atoms with Crippen LogP contribution in [0.3, 0.4) is 0 Å². The highest BCUT2D eigenvalue weighted by atomic mass is 32.2. The van der Waals surface area contributed by atoms with Gasteiger partial charge in [0.1, 0.15) is 10.7 Å². The zero-order valence-corrected chi connectivity index (χ0v) is 16.9. The molecule has 0 atom stereocenters. The van der Waals surface area contributed by atoms with Crippen LogP contribution in [0.2, 0.25) is 0 Å². The average molecular weight is 411 g/mol. The van der Waals surface area contributed by atoms with Crippen LogP contribution in [0, 0.1) is 6.92 Å². The predicted molar refractivity (Wildman–Crippen MR) is 110 cm³/mol. The number of benzene rings is 1. The lowest BCUT2D eigenvalue weighted by atomic mass is 9.97. The summed E-state index contributed by atoms with van der Waals surface area (Å²) in [6.45, 7) is 2.02. The molecule has 4 aromatic rings. The van der Waals surface area contributed by atoms with E-state index in [0.29, 0.717) is 16.7 Å². The minimum absolute atomic E-state index is 0.0292. The van der Waals surface area contributed by atoms with Gasteiger partial charge in [0.05, 0.1) is 16.8 Å². The molecule has 28 heavy (non-hydrogen) atoms. The second kappa shape index (κ2) is 7.14. The number of para-hydroxylation sites is 1. The van der Waals surface area contributed by atoms with E-state index >= 15 is 0 Å². The van der Waals surface area contributed by atoms with Crippen LogP contribution in [-0.2, 0) is 18.6 Å². The molecule has 0 spiro atoms. The highest BCUT2D eigenvalue weighted by molar-refractivity contribution is 7.98. The summed E-state index contributed by atoms with van der Waals surface area (Å²) in [5, 5.41) is 13.5. The van der Waals surface area contributed by atoms with Gasteiger partial charge in [0.25, 0.3) is 5.56 Å². The van der Waals surface area contributed by atoms with Crippen molar-refractivity contribution in [3.05, 3.63) is 56.4 Å². The SMILES string of the molecule is Cc1ccccc1-n1nnnc1SCc1nc2sc3c(c2c(=O)[nH]1)CCCC3. The molecule has 5 rings (SSSR count). The monoisotopic (exact) mass is 410 g/mol. The van der Waals surface area contributed by atoms with Crippen molar-refractivity contribution >= 4 is 33.3 Å². The number of fused-ring (bicyclic) bond motifs is 3. The van der Waals surface area contributed by atoms with E-state index in [1.165, 1.54) is 28.6 Å². The van der Waals surface area contributed by atoms with Gasteiger partial charge in [-0.15, -0.1) is 16.4 Å². The van der Waals surface area contributed by atoms with Gasteiger partial charge in [-0.1, -0.05) is 30.0 Å². The Labute approximate surface area is 169 Å². The zero-order chi connectivity index (χ0) is 19.1. The molecule has 3 aromatic heterocycles. The fourth-order valence-corrected chi connectivity index (χ4v) is 5.67. The Hall–Kier alpha value is -2.52. The van der Waals surface area contributed by atoms with Crippen LogP contribution in [-0.4, -0.2) is 30.2 Å². The highest BCUT2D eigenvalue weighted by Crippen LogP contribution is 2.33. The fourth-order valence-electron chi connectivity index (χ4n) is 3.63. The van der Waals surface area contributed by atoms with E-state index in [-0.39, 0.29) is 5.56 Å². The summed E-state index contributed by atoms with van der Waals surface area (Å²) in [6.07, 6.45) is 4.39. The van der Waals surface area contributed by atoms with Crippen molar-refractivity contribution in [2.24, 2.45) is 0 Å². The maximum atomic E-state index is 12.7. The van der Waals surface area contributed by atoms with Crippen molar-refractivity contribution in [2.45, 2.75) is 43.5 Å². The number of aromatic nitrogens is 6. The third-order valence-corrected chi connectivity index (χ3v) is 7.11. The van der Waals surface area contributed by atoms with Gasteiger partial charge in [-0.25, -0.2) is 4.98 Å². The molecule has 3 heterocycles. The van der Waals surface area contributed by atoms with Crippen molar-refractivity contribution in [3.63, 3.8) is 0 Å². The maximum Gasteiger partial charge on any atom is 0.259 e. The summed E-state index contributed by atoms with van der Waals surface area (Å²) in [6, 6.07) is 7.96. The Kier molecular flexibility index (Phi) is 4.48. The number of nitrogens with one attached hydrogen (secondary N) is 1. The zero-order valence-electron chi connectivity index (χ0n) is 15.3. The minimum Gasteiger partial charge on any atom is -0.309 e.